The molecule has 0 aromatic heterocycles. The van der Waals surface area contributed by atoms with Gasteiger partial charge in [-0.3, -0.25) is 0 Å². The Labute approximate surface area is 100 Å². The van der Waals surface area contributed by atoms with E-state index in [-0.39, 0.29) is 0 Å². The highest BCUT2D eigenvalue weighted by atomic mass is 16.7. The van der Waals surface area contributed by atoms with Gasteiger partial charge in [-0.25, -0.2) is 0 Å². The maximum absolute atomic E-state index is 9.63. The van der Waals surface area contributed by atoms with Crippen LogP contribution in [-0.2, 0) is 9.47 Å². The van der Waals surface area contributed by atoms with E-state index >= 15 is 0 Å². The Balaban J connectivity index is 2.47. The highest BCUT2D eigenvalue weighted by molar-refractivity contribution is 4.88. The Bertz CT molecular complexity index is 225. The summed E-state index contributed by atoms with van der Waals surface area (Å²) >= 11 is 0. The zero-order valence-corrected chi connectivity index (χ0v) is 10.1. The molecule has 102 valence electrons. The summed E-state index contributed by atoms with van der Waals surface area (Å²) in [6.45, 7) is 0.503. The molecule has 4 N–H and O–H groups in total. The molecule has 1 heterocycles. The highest BCUT2D eigenvalue weighted by Crippen LogP contribution is 2.21. The lowest BCUT2D eigenvalue weighted by atomic mass is 9.99. The number of hydrogen-bond acceptors (Lipinski definition) is 7. The topological polar surface area (TPSA) is 103 Å². The first-order chi connectivity index (χ1) is 7.97. The van der Waals surface area contributed by atoms with Gasteiger partial charge in [0.15, 0.2) is 6.29 Å². The largest absolute Gasteiger partial charge is 0.394 e. The van der Waals surface area contributed by atoms with Gasteiger partial charge >= 0.3 is 0 Å². The van der Waals surface area contributed by atoms with Crippen molar-refractivity contribution in [2.45, 2.75) is 30.7 Å². The average Bonchev–Trinajstić information content (AvgIpc) is 2.29. The third kappa shape index (κ3) is 3.85. The van der Waals surface area contributed by atoms with E-state index in [2.05, 4.69) is 0 Å². The van der Waals surface area contributed by atoms with E-state index in [4.69, 9.17) is 14.6 Å². The summed E-state index contributed by atoms with van der Waals surface area (Å²) in [6.07, 6.45) is -6.01. The first-order valence-corrected chi connectivity index (χ1v) is 5.54. The maximum atomic E-state index is 9.63. The van der Waals surface area contributed by atoms with Gasteiger partial charge in [0.25, 0.3) is 0 Å². The van der Waals surface area contributed by atoms with Crippen LogP contribution in [0, 0.1) is 0 Å². The van der Waals surface area contributed by atoms with Gasteiger partial charge in [0.1, 0.15) is 24.4 Å². The second-order valence-electron chi connectivity index (χ2n) is 4.37. The zero-order chi connectivity index (χ0) is 13.0. The molecule has 0 aliphatic carbocycles. The van der Waals surface area contributed by atoms with Crippen LogP contribution in [0.1, 0.15) is 0 Å². The Morgan fingerprint density at radius 1 is 1.12 bits per heavy atom. The predicted molar refractivity (Wildman–Crippen MR) is 58.3 cm³/mol. The Morgan fingerprint density at radius 3 is 2.29 bits per heavy atom. The van der Waals surface area contributed by atoms with Crippen molar-refractivity contribution < 1.29 is 29.9 Å². The third-order valence-corrected chi connectivity index (χ3v) is 2.67. The average molecular weight is 251 g/mol. The molecule has 7 heteroatoms. The molecule has 1 aliphatic heterocycles. The SMILES string of the molecule is CN(C)CCOC1OC(CO)C(O)C(O)C1O. The molecule has 1 aliphatic rings. The fourth-order valence-electron chi connectivity index (χ4n) is 1.56. The van der Waals surface area contributed by atoms with Crippen LogP contribution in [0.15, 0.2) is 0 Å². The predicted octanol–water partition coefficient (Wildman–Crippen LogP) is -2.64. The minimum Gasteiger partial charge on any atom is -0.394 e. The molecule has 17 heavy (non-hydrogen) atoms. The number of hydrogen-bond donors (Lipinski definition) is 4. The molecule has 0 aromatic rings. The molecule has 0 radical (unpaired) electrons. The van der Waals surface area contributed by atoms with Crippen LogP contribution in [0.3, 0.4) is 0 Å². The van der Waals surface area contributed by atoms with E-state index in [1.165, 1.54) is 0 Å². The number of aliphatic hydroxyl groups excluding tert-OH is 4. The summed E-state index contributed by atoms with van der Waals surface area (Å²) in [5.74, 6) is 0. The summed E-state index contributed by atoms with van der Waals surface area (Å²) in [7, 11) is 3.74. The molecule has 5 atom stereocenters. The van der Waals surface area contributed by atoms with Crippen LogP contribution in [0.4, 0.5) is 0 Å². The normalized spacial score (nSPS) is 38.6. The molecule has 0 saturated carbocycles. The van der Waals surface area contributed by atoms with Gasteiger partial charge in [-0.05, 0) is 14.1 Å². The zero-order valence-electron chi connectivity index (χ0n) is 10.1. The van der Waals surface area contributed by atoms with Crippen molar-refractivity contribution in [3.63, 3.8) is 0 Å². The van der Waals surface area contributed by atoms with Gasteiger partial charge in [-0.1, -0.05) is 0 Å². The van der Waals surface area contributed by atoms with E-state index in [0.717, 1.165) is 0 Å². The van der Waals surface area contributed by atoms with Crippen molar-refractivity contribution in [1.82, 2.24) is 4.90 Å². The molecule has 7 nitrogen and oxygen atoms in total. The summed E-state index contributed by atoms with van der Waals surface area (Å²) in [4.78, 5) is 1.89. The monoisotopic (exact) mass is 251 g/mol. The minimum atomic E-state index is -1.38. The third-order valence-electron chi connectivity index (χ3n) is 2.67. The molecule has 0 aromatic carbocycles. The fourth-order valence-corrected chi connectivity index (χ4v) is 1.56. The van der Waals surface area contributed by atoms with Gasteiger partial charge < -0.3 is 34.8 Å². The number of nitrogens with zero attached hydrogens (tertiary/aromatic N) is 1. The molecular weight excluding hydrogens is 230 g/mol. The number of aliphatic hydroxyl groups is 4. The summed E-state index contributed by atoms with van der Waals surface area (Å²) in [6, 6.07) is 0. The van der Waals surface area contributed by atoms with Crippen molar-refractivity contribution in [2.75, 3.05) is 33.9 Å². The fraction of sp³-hybridized carbons (Fsp3) is 1.00. The van der Waals surface area contributed by atoms with Gasteiger partial charge in [0.2, 0.25) is 0 Å². The summed E-state index contributed by atoms with van der Waals surface area (Å²) < 4.78 is 10.4. The molecule has 0 bridgehead atoms. The van der Waals surface area contributed by atoms with Crippen molar-refractivity contribution in [3.05, 3.63) is 0 Å². The van der Waals surface area contributed by atoms with Crippen molar-refractivity contribution in [1.29, 1.82) is 0 Å². The van der Waals surface area contributed by atoms with E-state index < -0.39 is 37.3 Å². The molecule has 1 saturated heterocycles. The standard InChI is InChI=1S/C10H21NO6/c1-11(2)3-4-16-10-9(15)8(14)7(13)6(5-12)17-10/h6-10,12-15H,3-5H2,1-2H3. The number of likely N-dealkylation sites (N-methyl/N-ethyl adjacent to an activating group) is 1. The molecule has 1 fully saturated rings. The van der Waals surface area contributed by atoms with E-state index in [1.807, 2.05) is 19.0 Å². The Morgan fingerprint density at radius 2 is 1.76 bits per heavy atom. The minimum absolute atomic E-state index is 0.315. The van der Waals surface area contributed by atoms with Crippen molar-refractivity contribution >= 4 is 0 Å². The lowest BCUT2D eigenvalue weighted by Gasteiger charge is -2.39. The first-order valence-electron chi connectivity index (χ1n) is 5.54. The van der Waals surface area contributed by atoms with Gasteiger partial charge in [0, 0.05) is 6.54 Å². The molecule has 5 unspecified atom stereocenters. The number of ether oxygens (including phenoxy) is 2. The second-order valence-corrected chi connectivity index (χ2v) is 4.37. The molecular formula is C10H21NO6. The maximum Gasteiger partial charge on any atom is 0.186 e. The van der Waals surface area contributed by atoms with Crippen molar-refractivity contribution in [3.8, 4) is 0 Å². The summed E-state index contributed by atoms with van der Waals surface area (Å²) in [5.41, 5.74) is 0. The lowest BCUT2D eigenvalue weighted by Crippen LogP contribution is -2.59. The Hall–Kier alpha value is -0.280. The highest BCUT2D eigenvalue weighted by Gasteiger charge is 2.43. The van der Waals surface area contributed by atoms with E-state index in [0.29, 0.717) is 13.2 Å². The van der Waals surface area contributed by atoms with E-state index in [1.54, 1.807) is 0 Å². The lowest BCUT2D eigenvalue weighted by molar-refractivity contribution is -0.301. The Kier molecular flexibility index (Phi) is 5.74. The van der Waals surface area contributed by atoms with E-state index in [9.17, 15) is 15.3 Å². The second kappa shape index (κ2) is 6.60. The molecule has 0 amide bonds. The van der Waals surface area contributed by atoms with Crippen molar-refractivity contribution in [2.24, 2.45) is 0 Å². The van der Waals surface area contributed by atoms with Crippen LogP contribution in [0.5, 0.6) is 0 Å². The van der Waals surface area contributed by atoms with Crippen LogP contribution >= 0.6 is 0 Å². The quantitative estimate of drug-likeness (QED) is 0.424. The van der Waals surface area contributed by atoms with Gasteiger partial charge in [0.05, 0.1) is 13.2 Å². The molecule has 0 spiro atoms. The van der Waals surface area contributed by atoms with Crippen LogP contribution < -0.4 is 0 Å². The van der Waals surface area contributed by atoms with Crippen LogP contribution in [-0.4, -0.2) is 89.9 Å². The van der Waals surface area contributed by atoms with Gasteiger partial charge in [-0.15, -0.1) is 0 Å². The van der Waals surface area contributed by atoms with Gasteiger partial charge in [-0.2, -0.15) is 0 Å². The van der Waals surface area contributed by atoms with Crippen LogP contribution in [0.2, 0.25) is 0 Å². The van der Waals surface area contributed by atoms with Crippen LogP contribution in [0.25, 0.3) is 0 Å². The first kappa shape index (κ1) is 14.8. The summed E-state index contributed by atoms with van der Waals surface area (Å²) in [5, 5.41) is 37.6. The molecule has 1 rings (SSSR count). The number of rotatable bonds is 5. The smallest absolute Gasteiger partial charge is 0.186 e.